The number of rotatable bonds is 9. The molecule has 4 rings (SSSR count). The van der Waals surface area contributed by atoms with E-state index in [0.717, 1.165) is 34.4 Å². The average Bonchev–Trinajstić information content (AvgIpc) is 2.94. The number of sulfone groups is 1. The van der Waals surface area contributed by atoms with Gasteiger partial charge in [0, 0.05) is 50.3 Å². The molecule has 1 saturated heterocycles. The maximum absolute atomic E-state index is 12.7. The third kappa shape index (κ3) is 7.25. The molecule has 9 heteroatoms. The van der Waals surface area contributed by atoms with Crippen molar-refractivity contribution in [3.8, 4) is 16.9 Å². The molecular weight excluding hydrogens is 514 g/mol. The molecule has 1 fully saturated rings. The number of nitrogens with zero attached hydrogens (tertiary/aromatic N) is 1. The highest BCUT2D eigenvalue weighted by atomic mass is 32.2. The van der Waals surface area contributed by atoms with Crippen molar-refractivity contribution in [3.05, 3.63) is 83.9 Å². The molecule has 0 saturated carbocycles. The summed E-state index contributed by atoms with van der Waals surface area (Å²) in [5.41, 5.74) is 4.02. The van der Waals surface area contributed by atoms with Crippen LogP contribution in [0.2, 0.25) is 0 Å². The van der Waals surface area contributed by atoms with Crippen molar-refractivity contribution < 1.29 is 22.7 Å². The number of hydrogen-bond acceptors (Lipinski definition) is 6. The molecule has 0 spiro atoms. The summed E-state index contributed by atoms with van der Waals surface area (Å²) >= 11 is 0. The molecule has 206 valence electrons. The molecule has 1 aliphatic rings. The molecule has 2 N–H and O–H groups in total. The number of benzene rings is 3. The molecule has 0 radical (unpaired) electrons. The minimum Gasteiger partial charge on any atom is -0.496 e. The number of likely N-dealkylation sites (tertiary alicyclic amines) is 1. The topological polar surface area (TPSA) is 105 Å². The van der Waals surface area contributed by atoms with Gasteiger partial charge in [0.2, 0.25) is 11.8 Å². The summed E-state index contributed by atoms with van der Waals surface area (Å²) < 4.78 is 29.3. The number of methoxy groups -OCH3 is 1. The van der Waals surface area contributed by atoms with Crippen LogP contribution in [0, 0.1) is 0 Å². The van der Waals surface area contributed by atoms with Crippen LogP contribution in [-0.2, 0) is 26.0 Å². The summed E-state index contributed by atoms with van der Waals surface area (Å²) in [5, 5.41) is 6.32. The molecule has 0 unspecified atom stereocenters. The van der Waals surface area contributed by atoms with Crippen molar-refractivity contribution in [2.45, 2.75) is 36.7 Å². The van der Waals surface area contributed by atoms with E-state index in [4.69, 9.17) is 4.74 Å². The van der Waals surface area contributed by atoms with Gasteiger partial charge >= 0.3 is 0 Å². The van der Waals surface area contributed by atoms with Crippen LogP contribution in [0.5, 0.6) is 5.75 Å². The number of hydrogen-bond donors (Lipinski definition) is 2. The Morgan fingerprint density at radius 1 is 1.00 bits per heavy atom. The summed E-state index contributed by atoms with van der Waals surface area (Å²) in [5.74, 6) is 0.542. The maximum atomic E-state index is 12.7. The number of nitrogens with one attached hydrogen (secondary N) is 2. The number of carbonyl (C=O) groups is 2. The molecule has 8 nitrogen and oxygen atoms in total. The van der Waals surface area contributed by atoms with E-state index in [-0.39, 0.29) is 35.2 Å². The maximum Gasteiger partial charge on any atom is 0.241 e. The van der Waals surface area contributed by atoms with Gasteiger partial charge in [-0.2, -0.15) is 0 Å². The summed E-state index contributed by atoms with van der Waals surface area (Å²) in [7, 11) is -1.62. The van der Waals surface area contributed by atoms with E-state index in [0.29, 0.717) is 19.6 Å². The first-order valence-corrected chi connectivity index (χ1v) is 14.8. The van der Waals surface area contributed by atoms with Gasteiger partial charge in [0.05, 0.1) is 18.6 Å². The summed E-state index contributed by atoms with van der Waals surface area (Å²) in [4.78, 5) is 26.1. The van der Waals surface area contributed by atoms with Crippen molar-refractivity contribution in [3.63, 3.8) is 0 Å². The smallest absolute Gasteiger partial charge is 0.241 e. The first kappa shape index (κ1) is 28.3. The highest BCUT2D eigenvalue weighted by Crippen LogP contribution is 2.30. The standard InChI is InChI=1S/C30H35N3O5S/c1-21(34)31-19-30(35)33-16-15-28(27(20-33)23-7-5-4-6-8-23)32-18-25-17-24(11-14-29(25)38-2)22-9-12-26(13-10-22)39(3,36)37/h4-14,17,27-28,32H,15-16,18-20H2,1-3H3,(H,31,34)/t27-,28-/m0/s1. The fraction of sp³-hybridized carbons (Fsp3) is 0.333. The fourth-order valence-corrected chi connectivity index (χ4v) is 5.64. The Morgan fingerprint density at radius 2 is 1.69 bits per heavy atom. The first-order valence-electron chi connectivity index (χ1n) is 12.9. The SMILES string of the molecule is COc1ccc(-c2ccc(S(C)(=O)=O)cc2)cc1CN[C@H]1CCN(C(=O)CNC(C)=O)C[C@H]1c1ccccc1. The minimum absolute atomic E-state index is 0.00406. The number of amides is 2. The van der Waals surface area contributed by atoms with Crippen molar-refractivity contribution >= 4 is 21.7 Å². The van der Waals surface area contributed by atoms with Crippen LogP contribution in [0.25, 0.3) is 11.1 Å². The largest absolute Gasteiger partial charge is 0.496 e. The van der Waals surface area contributed by atoms with Crippen LogP contribution in [0.4, 0.5) is 0 Å². The number of carbonyl (C=O) groups excluding carboxylic acids is 2. The average molecular weight is 550 g/mol. The zero-order chi connectivity index (χ0) is 28.0. The minimum atomic E-state index is -3.26. The van der Waals surface area contributed by atoms with Gasteiger partial charge < -0.3 is 20.3 Å². The Morgan fingerprint density at radius 3 is 2.33 bits per heavy atom. The molecule has 1 heterocycles. The van der Waals surface area contributed by atoms with E-state index < -0.39 is 9.84 Å². The lowest BCUT2D eigenvalue weighted by Crippen LogP contribution is -2.51. The Hall–Kier alpha value is -3.69. The van der Waals surface area contributed by atoms with Gasteiger partial charge in [-0.3, -0.25) is 9.59 Å². The van der Waals surface area contributed by atoms with Crippen LogP contribution in [0.15, 0.2) is 77.7 Å². The van der Waals surface area contributed by atoms with Gasteiger partial charge in [-0.15, -0.1) is 0 Å². The Labute approximate surface area is 230 Å². The highest BCUT2D eigenvalue weighted by Gasteiger charge is 2.32. The van der Waals surface area contributed by atoms with E-state index in [1.807, 2.05) is 47.4 Å². The lowest BCUT2D eigenvalue weighted by molar-refractivity contribution is -0.133. The second kappa shape index (κ2) is 12.4. The Bertz CT molecular complexity index is 1410. The molecule has 0 aromatic heterocycles. The zero-order valence-electron chi connectivity index (χ0n) is 22.5. The van der Waals surface area contributed by atoms with Crippen molar-refractivity contribution in [2.75, 3.05) is 33.0 Å². The third-order valence-corrected chi connectivity index (χ3v) is 8.26. The van der Waals surface area contributed by atoms with E-state index in [1.54, 1.807) is 19.2 Å². The van der Waals surface area contributed by atoms with Crippen LogP contribution in [-0.4, -0.2) is 64.2 Å². The van der Waals surface area contributed by atoms with E-state index in [9.17, 15) is 18.0 Å². The third-order valence-electron chi connectivity index (χ3n) is 7.13. The molecule has 3 aromatic carbocycles. The number of ether oxygens (including phenoxy) is 1. The lowest BCUT2D eigenvalue weighted by Gasteiger charge is -2.39. The molecular formula is C30H35N3O5S. The molecule has 2 amide bonds. The van der Waals surface area contributed by atoms with E-state index in [2.05, 4.69) is 28.8 Å². The van der Waals surface area contributed by atoms with Gasteiger partial charge in [-0.25, -0.2) is 8.42 Å². The molecule has 2 atom stereocenters. The predicted octanol–water partition coefficient (Wildman–Crippen LogP) is 3.38. The summed E-state index contributed by atoms with van der Waals surface area (Å²) in [6.45, 7) is 3.13. The normalized spacial score (nSPS) is 17.5. The van der Waals surface area contributed by atoms with Crippen LogP contribution in [0.1, 0.15) is 30.4 Å². The van der Waals surface area contributed by atoms with Gasteiger partial charge in [0.25, 0.3) is 0 Å². The van der Waals surface area contributed by atoms with Crippen LogP contribution >= 0.6 is 0 Å². The van der Waals surface area contributed by atoms with Gasteiger partial charge in [0.15, 0.2) is 9.84 Å². The monoisotopic (exact) mass is 549 g/mol. The van der Waals surface area contributed by atoms with Crippen LogP contribution in [0.3, 0.4) is 0 Å². The van der Waals surface area contributed by atoms with E-state index in [1.165, 1.54) is 13.2 Å². The highest BCUT2D eigenvalue weighted by molar-refractivity contribution is 7.90. The van der Waals surface area contributed by atoms with Crippen molar-refractivity contribution in [1.82, 2.24) is 15.5 Å². The second-order valence-corrected chi connectivity index (χ2v) is 11.9. The van der Waals surface area contributed by atoms with Crippen molar-refractivity contribution in [2.24, 2.45) is 0 Å². The predicted molar refractivity (Wildman–Crippen MR) is 151 cm³/mol. The molecule has 39 heavy (non-hydrogen) atoms. The first-order chi connectivity index (χ1) is 18.7. The van der Waals surface area contributed by atoms with E-state index >= 15 is 0 Å². The molecule has 1 aliphatic heterocycles. The fourth-order valence-electron chi connectivity index (χ4n) is 5.00. The Balaban J connectivity index is 1.52. The molecule has 3 aromatic rings. The second-order valence-electron chi connectivity index (χ2n) is 9.87. The van der Waals surface area contributed by atoms with Crippen LogP contribution < -0.4 is 15.4 Å². The quantitative estimate of drug-likeness (QED) is 0.424. The number of piperidine rings is 1. The Kier molecular flexibility index (Phi) is 9.04. The lowest BCUT2D eigenvalue weighted by atomic mass is 9.85. The molecule has 0 bridgehead atoms. The van der Waals surface area contributed by atoms with Gasteiger partial charge in [-0.1, -0.05) is 48.5 Å². The molecule has 0 aliphatic carbocycles. The van der Waals surface area contributed by atoms with Gasteiger partial charge in [-0.05, 0) is 47.4 Å². The summed E-state index contributed by atoms with van der Waals surface area (Å²) in [6.07, 6.45) is 1.96. The van der Waals surface area contributed by atoms with Crippen molar-refractivity contribution in [1.29, 1.82) is 0 Å². The zero-order valence-corrected chi connectivity index (χ0v) is 23.3. The van der Waals surface area contributed by atoms with Gasteiger partial charge in [0.1, 0.15) is 5.75 Å². The summed E-state index contributed by atoms with van der Waals surface area (Å²) in [6, 6.07) is 23.1.